The van der Waals surface area contributed by atoms with Gasteiger partial charge in [-0.1, -0.05) is 55.5 Å². The van der Waals surface area contributed by atoms with Crippen LogP contribution in [0.5, 0.6) is 0 Å². The number of pyridine rings is 1. The molecule has 0 radical (unpaired) electrons. The number of nitrogens with zero attached hydrogens (tertiary/aromatic N) is 1. The number of allylic oxidation sites excluding steroid dienone is 1. The summed E-state index contributed by atoms with van der Waals surface area (Å²) in [6.07, 6.45) is 3.33. The van der Waals surface area contributed by atoms with E-state index in [9.17, 15) is 9.59 Å². The van der Waals surface area contributed by atoms with Crippen molar-refractivity contribution in [3.63, 3.8) is 0 Å². The van der Waals surface area contributed by atoms with E-state index in [0.29, 0.717) is 17.9 Å². The smallest absolute Gasteiger partial charge is 0.347 e. The lowest BCUT2D eigenvalue weighted by Crippen LogP contribution is -2.25. The highest BCUT2D eigenvalue weighted by Gasteiger charge is 2.34. The number of cyclic esters (lactones) is 1. The fourth-order valence-electron chi connectivity index (χ4n) is 4.49. The highest BCUT2D eigenvalue weighted by atomic mass is 16.6. The molecule has 0 spiro atoms. The van der Waals surface area contributed by atoms with Crippen LogP contribution in [0.15, 0.2) is 54.6 Å². The van der Waals surface area contributed by atoms with Crippen molar-refractivity contribution in [1.29, 1.82) is 0 Å². The molecule has 1 saturated heterocycles. The molecule has 5 heteroatoms. The molecule has 0 N–H and O–H groups in total. The van der Waals surface area contributed by atoms with E-state index >= 15 is 0 Å². The molecule has 5 nitrogen and oxygen atoms in total. The van der Waals surface area contributed by atoms with Crippen LogP contribution in [0.3, 0.4) is 0 Å². The number of para-hydroxylation sites is 1. The van der Waals surface area contributed by atoms with E-state index in [1.165, 1.54) is 0 Å². The van der Waals surface area contributed by atoms with Crippen LogP contribution in [0.25, 0.3) is 22.6 Å². The lowest BCUT2D eigenvalue weighted by Gasteiger charge is -2.26. The van der Waals surface area contributed by atoms with Gasteiger partial charge >= 0.3 is 11.9 Å². The van der Waals surface area contributed by atoms with Gasteiger partial charge in [-0.3, -0.25) is 0 Å². The maximum absolute atomic E-state index is 13.3. The summed E-state index contributed by atoms with van der Waals surface area (Å²) in [4.78, 5) is 30.2. The molecule has 5 rings (SSSR count). The van der Waals surface area contributed by atoms with Crippen molar-refractivity contribution in [2.24, 2.45) is 5.92 Å². The van der Waals surface area contributed by atoms with Crippen molar-refractivity contribution in [2.75, 3.05) is 6.61 Å². The van der Waals surface area contributed by atoms with Gasteiger partial charge in [0.15, 0.2) is 0 Å². The first-order valence-electron chi connectivity index (χ1n) is 10.7. The predicted molar refractivity (Wildman–Crippen MR) is 118 cm³/mol. The Balaban J connectivity index is 1.67. The third kappa shape index (κ3) is 3.72. The number of carbonyl (C=O) groups is 2. The number of hydrogen-bond donors (Lipinski definition) is 0. The van der Waals surface area contributed by atoms with Gasteiger partial charge in [-0.2, -0.15) is 0 Å². The van der Waals surface area contributed by atoms with E-state index < -0.39 is 18.0 Å². The first-order chi connectivity index (χ1) is 15.1. The third-order valence-electron chi connectivity index (χ3n) is 5.90. The summed E-state index contributed by atoms with van der Waals surface area (Å²) in [6, 6.07) is 17.8. The Kier molecular flexibility index (Phi) is 5.02. The number of rotatable bonds is 3. The Morgan fingerprint density at radius 1 is 1.10 bits per heavy atom. The quantitative estimate of drug-likeness (QED) is 0.576. The fourth-order valence-corrected chi connectivity index (χ4v) is 4.49. The van der Waals surface area contributed by atoms with Crippen molar-refractivity contribution in [2.45, 2.75) is 32.3 Å². The second-order valence-electron chi connectivity index (χ2n) is 8.27. The predicted octanol–water partition coefficient (Wildman–Crippen LogP) is 4.83. The number of esters is 2. The lowest BCUT2D eigenvalue weighted by molar-refractivity contribution is -0.145. The number of aromatic nitrogens is 1. The van der Waals surface area contributed by atoms with Gasteiger partial charge in [0.2, 0.25) is 6.10 Å². The second-order valence-corrected chi connectivity index (χ2v) is 8.27. The van der Waals surface area contributed by atoms with Gasteiger partial charge in [-0.05, 0) is 47.6 Å². The Morgan fingerprint density at radius 3 is 2.65 bits per heavy atom. The molecule has 1 fully saturated rings. The Bertz CT molecular complexity index is 1200. The molecule has 1 aliphatic carbocycles. The van der Waals surface area contributed by atoms with Gasteiger partial charge in [-0.15, -0.1) is 0 Å². The third-order valence-corrected chi connectivity index (χ3v) is 5.90. The van der Waals surface area contributed by atoms with Crippen LogP contribution < -0.4 is 0 Å². The molecule has 0 amide bonds. The van der Waals surface area contributed by atoms with Crippen LogP contribution >= 0.6 is 0 Å². The Hall–Kier alpha value is -3.47. The maximum atomic E-state index is 13.3. The standard InChI is InChI=1S/C26H23NO4/c1-16-13-18(15-17-7-3-2-4-8-17)24-20(14-16)23(19-9-5-6-10-21(19)27-24)26(29)31-22-11-12-30-25(22)28/h2-10,15-16,22H,11-14H2,1H3/b18-15+/t16-,22-/m1/s1. The van der Waals surface area contributed by atoms with Crippen LogP contribution in [0.2, 0.25) is 0 Å². The molecular weight excluding hydrogens is 390 g/mol. The zero-order valence-electron chi connectivity index (χ0n) is 17.3. The topological polar surface area (TPSA) is 65.5 Å². The number of ether oxygens (including phenoxy) is 2. The van der Waals surface area contributed by atoms with Gasteiger partial charge < -0.3 is 9.47 Å². The minimum atomic E-state index is -0.838. The number of carbonyl (C=O) groups excluding carboxylic acids is 2. The summed E-state index contributed by atoms with van der Waals surface area (Å²) < 4.78 is 10.6. The number of hydrogen-bond acceptors (Lipinski definition) is 5. The molecule has 1 aromatic heterocycles. The largest absolute Gasteiger partial charge is 0.463 e. The van der Waals surface area contributed by atoms with E-state index in [1.54, 1.807) is 0 Å². The van der Waals surface area contributed by atoms with Crippen molar-refractivity contribution in [3.05, 3.63) is 77.0 Å². The lowest BCUT2D eigenvalue weighted by atomic mass is 9.80. The molecule has 0 unspecified atom stereocenters. The van der Waals surface area contributed by atoms with E-state index in [4.69, 9.17) is 14.5 Å². The van der Waals surface area contributed by atoms with E-state index in [-0.39, 0.29) is 6.61 Å². The summed E-state index contributed by atoms with van der Waals surface area (Å²) in [5.74, 6) is -0.598. The van der Waals surface area contributed by atoms with Crippen LogP contribution in [0.1, 0.15) is 46.9 Å². The molecule has 0 saturated carbocycles. The summed E-state index contributed by atoms with van der Waals surface area (Å²) in [5.41, 5.74) is 5.23. The average molecular weight is 413 g/mol. The van der Waals surface area contributed by atoms with Gasteiger partial charge in [0.05, 0.1) is 23.4 Å². The van der Waals surface area contributed by atoms with Gasteiger partial charge in [0.1, 0.15) is 0 Å². The molecule has 2 atom stereocenters. The monoisotopic (exact) mass is 413 g/mol. The fraction of sp³-hybridized carbons (Fsp3) is 0.269. The summed E-state index contributed by atoms with van der Waals surface area (Å²) in [7, 11) is 0. The summed E-state index contributed by atoms with van der Waals surface area (Å²) >= 11 is 0. The minimum absolute atomic E-state index is 0.285. The van der Waals surface area contributed by atoms with Crippen molar-refractivity contribution >= 4 is 34.5 Å². The Morgan fingerprint density at radius 2 is 1.87 bits per heavy atom. The van der Waals surface area contributed by atoms with Crippen LogP contribution in [-0.4, -0.2) is 29.6 Å². The molecule has 2 heterocycles. The van der Waals surface area contributed by atoms with E-state index in [0.717, 1.165) is 46.1 Å². The molecular formula is C26H23NO4. The van der Waals surface area contributed by atoms with Gasteiger partial charge in [-0.25, -0.2) is 14.6 Å². The normalized spacial score (nSPS) is 21.7. The van der Waals surface area contributed by atoms with Gasteiger partial charge in [0, 0.05) is 11.8 Å². The van der Waals surface area contributed by atoms with Crippen molar-refractivity contribution in [3.8, 4) is 0 Å². The van der Waals surface area contributed by atoms with Crippen LogP contribution in [0, 0.1) is 5.92 Å². The molecule has 3 aromatic rings. The zero-order chi connectivity index (χ0) is 21.4. The molecule has 0 bridgehead atoms. The van der Waals surface area contributed by atoms with E-state index in [2.05, 4.69) is 25.1 Å². The molecule has 156 valence electrons. The van der Waals surface area contributed by atoms with Gasteiger partial charge in [0.25, 0.3) is 0 Å². The van der Waals surface area contributed by atoms with E-state index in [1.807, 2.05) is 42.5 Å². The first kappa shape index (κ1) is 19.5. The first-order valence-corrected chi connectivity index (χ1v) is 10.7. The molecule has 2 aromatic carbocycles. The summed E-state index contributed by atoms with van der Waals surface area (Å²) in [5, 5.41) is 0.755. The van der Waals surface area contributed by atoms with Crippen molar-refractivity contribution in [1.82, 2.24) is 4.98 Å². The molecule has 31 heavy (non-hydrogen) atoms. The maximum Gasteiger partial charge on any atom is 0.347 e. The van der Waals surface area contributed by atoms with Crippen molar-refractivity contribution < 1.29 is 19.1 Å². The molecule has 1 aliphatic heterocycles. The highest BCUT2D eigenvalue weighted by Crippen LogP contribution is 2.39. The highest BCUT2D eigenvalue weighted by molar-refractivity contribution is 6.07. The summed E-state index contributed by atoms with van der Waals surface area (Å²) in [6.45, 7) is 2.47. The number of fused-ring (bicyclic) bond motifs is 2. The Labute approximate surface area is 180 Å². The van der Waals surface area contributed by atoms with Crippen LogP contribution in [-0.2, 0) is 20.7 Å². The zero-order valence-corrected chi connectivity index (χ0v) is 17.3. The SMILES string of the molecule is C[C@@H]1C/C(=C\c2ccccc2)c2nc3ccccc3c(C(=O)O[C@@H]3CCOC3=O)c2C1. The van der Waals surface area contributed by atoms with Crippen LogP contribution in [0.4, 0.5) is 0 Å². The number of benzene rings is 2. The second kappa shape index (κ2) is 7.99. The average Bonchev–Trinajstić information content (AvgIpc) is 3.17. The molecule has 2 aliphatic rings. The minimum Gasteiger partial charge on any atom is -0.463 e.